The van der Waals surface area contributed by atoms with Gasteiger partial charge in [-0.15, -0.1) is 0 Å². The van der Waals surface area contributed by atoms with Gasteiger partial charge in [0.1, 0.15) is 0 Å². The molecule has 0 saturated heterocycles. The Kier molecular flexibility index (Phi) is 3.28. The Hall–Kier alpha value is -1.60. The molecule has 0 atom stereocenters. The van der Waals surface area contributed by atoms with Gasteiger partial charge in [0.15, 0.2) is 16.7 Å². The molecule has 0 spiro atoms. The summed E-state index contributed by atoms with van der Waals surface area (Å²) in [4.78, 5) is 11.4. The van der Waals surface area contributed by atoms with Gasteiger partial charge in [-0.05, 0) is 24.4 Å². The normalized spacial score (nSPS) is 9.80. The molecule has 1 amide bonds. The van der Waals surface area contributed by atoms with E-state index in [1.54, 1.807) is 0 Å². The maximum atomic E-state index is 13.1. The molecule has 0 aliphatic carbocycles. The molecule has 4 nitrogen and oxygen atoms in total. The Morgan fingerprint density at radius 1 is 1.40 bits per heavy atom. The molecule has 7 heteroatoms. The average Bonchev–Trinajstić information content (AvgIpc) is 2.20. The maximum Gasteiger partial charge on any atom is 0.277 e. The lowest BCUT2D eigenvalue weighted by atomic mass is 10.2. The number of thiocarbonyl (C=S) groups is 1. The highest BCUT2D eigenvalue weighted by molar-refractivity contribution is 7.80. The summed E-state index contributed by atoms with van der Waals surface area (Å²) in [6.07, 6.45) is 0. The van der Waals surface area contributed by atoms with Crippen molar-refractivity contribution in [3.05, 3.63) is 35.4 Å². The molecular weight excluding hydrogens is 224 g/mol. The molecular formula is C8H7F2N3OS. The van der Waals surface area contributed by atoms with Crippen molar-refractivity contribution in [1.82, 2.24) is 5.01 Å². The topological polar surface area (TPSA) is 72.3 Å². The second-order valence-electron chi connectivity index (χ2n) is 2.61. The van der Waals surface area contributed by atoms with Crippen LogP contribution in [-0.4, -0.2) is 16.0 Å². The number of rotatable bonds is 1. The number of benzene rings is 1. The van der Waals surface area contributed by atoms with Gasteiger partial charge in [0, 0.05) is 0 Å². The van der Waals surface area contributed by atoms with E-state index in [2.05, 4.69) is 12.2 Å². The summed E-state index contributed by atoms with van der Waals surface area (Å²) in [5, 5.41) is -0.0589. The average molecular weight is 231 g/mol. The van der Waals surface area contributed by atoms with Gasteiger partial charge in [-0.25, -0.2) is 19.6 Å². The standard InChI is InChI=1S/C8H7F2N3OS/c9-5-3-1-2-4(6(5)10)7(14)13(12)8(11)15/h1-3H,12H2,(H2,11,15). The third-order valence-electron chi connectivity index (χ3n) is 1.64. The van der Waals surface area contributed by atoms with E-state index in [0.29, 0.717) is 5.01 Å². The largest absolute Gasteiger partial charge is 0.375 e. The first-order valence-electron chi connectivity index (χ1n) is 3.77. The lowest BCUT2D eigenvalue weighted by Gasteiger charge is -2.14. The van der Waals surface area contributed by atoms with Crippen LogP contribution in [0.5, 0.6) is 0 Å². The molecule has 15 heavy (non-hydrogen) atoms. The quantitative estimate of drug-likeness (QED) is 0.320. The molecule has 1 rings (SSSR count). The van der Waals surface area contributed by atoms with Crippen molar-refractivity contribution in [1.29, 1.82) is 0 Å². The van der Waals surface area contributed by atoms with Crippen LogP contribution in [0.2, 0.25) is 0 Å². The van der Waals surface area contributed by atoms with Crippen LogP contribution in [0, 0.1) is 11.6 Å². The second kappa shape index (κ2) is 4.28. The molecule has 0 aromatic heterocycles. The van der Waals surface area contributed by atoms with Crippen LogP contribution < -0.4 is 11.6 Å². The predicted molar refractivity (Wildman–Crippen MR) is 53.5 cm³/mol. The molecule has 0 saturated carbocycles. The highest BCUT2D eigenvalue weighted by Gasteiger charge is 2.20. The van der Waals surface area contributed by atoms with Gasteiger partial charge >= 0.3 is 0 Å². The fourth-order valence-corrected chi connectivity index (χ4v) is 0.982. The Labute approximate surface area is 89.4 Å². The number of hydrazine groups is 1. The smallest absolute Gasteiger partial charge is 0.277 e. The van der Waals surface area contributed by atoms with Crippen LogP contribution >= 0.6 is 12.2 Å². The number of hydrogen-bond donors (Lipinski definition) is 2. The van der Waals surface area contributed by atoms with E-state index in [-0.39, 0.29) is 0 Å². The van der Waals surface area contributed by atoms with Crippen molar-refractivity contribution >= 4 is 23.2 Å². The zero-order chi connectivity index (χ0) is 11.6. The van der Waals surface area contributed by atoms with Crippen molar-refractivity contribution in [3.8, 4) is 0 Å². The van der Waals surface area contributed by atoms with Crippen molar-refractivity contribution in [3.63, 3.8) is 0 Å². The first kappa shape index (κ1) is 11.5. The van der Waals surface area contributed by atoms with Crippen LogP contribution in [0.25, 0.3) is 0 Å². The van der Waals surface area contributed by atoms with E-state index in [9.17, 15) is 13.6 Å². The monoisotopic (exact) mass is 231 g/mol. The second-order valence-corrected chi connectivity index (χ2v) is 3.03. The van der Waals surface area contributed by atoms with Gasteiger partial charge in [0.25, 0.3) is 5.91 Å². The summed E-state index contributed by atoms with van der Waals surface area (Å²) in [5.41, 5.74) is 4.53. The van der Waals surface area contributed by atoms with E-state index in [4.69, 9.17) is 11.6 Å². The summed E-state index contributed by atoms with van der Waals surface area (Å²) in [6, 6.07) is 3.14. The van der Waals surface area contributed by atoms with Crippen molar-refractivity contribution in [2.45, 2.75) is 0 Å². The van der Waals surface area contributed by atoms with Gasteiger partial charge in [0.05, 0.1) is 5.56 Å². The van der Waals surface area contributed by atoms with Gasteiger partial charge in [0.2, 0.25) is 0 Å². The van der Waals surface area contributed by atoms with Crippen molar-refractivity contribution in [2.24, 2.45) is 11.6 Å². The fourth-order valence-electron chi connectivity index (χ4n) is 0.899. The summed E-state index contributed by atoms with van der Waals surface area (Å²) in [7, 11) is 0. The molecule has 1 aromatic rings. The molecule has 0 unspecified atom stereocenters. The highest BCUT2D eigenvalue weighted by atomic mass is 32.1. The number of carbonyl (C=O) groups excluding carboxylic acids is 1. The Bertz CT molecular complexity index is 424. The van der Waals surface area contributed by atoms with Gasteiger partial charge < -0.3 is 5.73 Å². The number of hydrogen-bond acceptors (Lipinski definition) is 3. The molecule has 0 bridgehead atoms. The maximum absolute atomic E-state index is 13.1. The highest BCUT2D eigenvalue weighted by Crippen LogP contribution is 2.12. The number of nitrogens with zero attached hydrogens (tertiary/aromatic N) is 1. The number of amides is 1. The zero-order valence-corrected chi connectivity index (χ0v) is 8.22. The lowest BCUT2D eigenvalue weighted by Crippen LogP contribution is -2.46. The lowest BCUT2D eigenvalue weighted by molar-refractivity contribution is 0.0843. The number of carbonyl (C=O) groups is 1. The summed E-state index contributed by atoms with van der Waals surface area (Å²) in [5.74, 6) is 1.71. The summed E-state index contributed by atoms with van der Waals surface area (Å²) >= 11 is 4.41. The number of halogens is 2. The van der Waals surface area contributed by atoms with Crippen molar-refractivity contribution < 1.29 is 13.6 Å². The van der Waals surface area contributed by atoms with E-state index in [0.717, 1.165) is 12.1 Å². The minimum Gasteiger partial charge on any atom is -0.375 e. The molecule has 4 N–H and O–H groups in total. The first-order chi connectivity index (χ1) is 6.95. The predicted octanol–water partition coefficient (Wildman–Crippen LogP) is 0.524. The molecule has 0 heterocycles. The molecule has 0 aliphatic rings. The van der Waals surface area contributed by atoms with Crippen molar-refractivity contribution in [2.75, 3.05) is 0 Å². The number of nitrogens with two attached hydrogens (primary N) is 2. The molecule has 0 aliphatic heterocycles. The first-order valence-corrected chi connectivity index (χ1v) is 4.18. The minimum atomic E-state index is -1.28. The summed E-state index contributed by atoms with van der Waals surface area (Å²) < 4.78 is 25.9. The van der Waals surface area contributed by atoms with E-state index >= 15 is 0 Å². The third kappa shape index (κ3) is 2.25. The van der Waals surface area contributed by atoms with Gasteiger partial charge in [-0.3, -0.25) is 4.79 Å². The van der Waals surface area contributed by atoms with E-state index in [1.807, 2.05) is 0 Å². The fraction of sp³-hybridized carbons (Fsp3) is 0. The van der Waals surface area contributed by atoms with Crippen LogP contribution in [-0.2, 0) is 0 Å². The van der Waals surface area contributed by atoms with E-state index in [1.165, 1.54) is 6.07 Å². The molecule has 0 fully saturated rings. The Morgan fingerprint density at radius 3 is 2.53 bits per heavy atom. The third-order valence-corrected chi connectivity index (χ3v) is 1.83. The van der Waals surface area contributed by atoms with Crippen LogP contribution in [0.1, 0.15) is 10.4 Å². The zero-order valence-electron chi connectivity index (χ0n) is 7.41. The molecule has 80 valence electrons. The minimum absolute atomic E-state index is 0.368. The van der Waals surface area contributed by atoms with Crippen LogP contribution in [0.4, 0.5) is 8.78 Å². The summed E-state index contributed by atoms with van der Waals surface area (Å²) in [6.45, 7) is 0. The van der Waals surface area contributed by atoms with Crippen LogP contribution in [0.15, 0.2) is 18.2 Å². The van der Waals surface area contributed by atoms with Gasteiger partial charge in [-0.2, -0.15) is 0 Å². The Balaban J connectivity index is 3.12. The van der Waals surface area contributed by atoms with Crippen LogP contribution in [0.3, 0.4) is 0 Å². The van der Waals surface area contributed by atoms with E-state index < -0.39 is 28.2 Å². The Morgan fingerprint density at radius 2 is 2.00 bits per heavy atom. The van der Waals surface area contributed by atoms with Gasteiger partial charge in [-0.1, -0.05) is 6.07 Å². The molecule has 0 radical (unpaired) electrons. The molecule has 1 aromatic carbocycles. The SMILES string of the molecule is NC(=S)N(N)C(=O)c1cccc(F)c1F.